The molecule has 1 atom stereocenters. The van der Waals surface area contributed by atoms with Crippen molar-refractivity contribution < 1.29 is 4.79 Å². The molecular formula is C9H15N5O. The first-order valence-corrected chi connectivity index (χ1v) is 5.00. The molecule has 0 spiro atoms. The Balaban J connectivity index is 1.89. The summed E-state index contributed by atoms with van der Waals surface area (Å²) in [5.41, 5.74) is 0.984. The first-order valence-electron chi connectivity index (χ1n) is 5.00. The SMILES string of the molecule is CN1CCC(NCc2cnnn2C)C1=O. The number of hydrogen-bond acceptors (Lipinski definition) is 4. The molecule has 0 bridgehead atoms. The number of likely N-dealkylation sites (tertiary alicyclic amines) is 1. The lowest BCUT2D eigenvalue weighted by Gasteiger charge is -2.11. The minimum absolute atomic E-state index is 0.0510. The summed E-state index contributed by atoms with van der Waals surface area (Å²) in [7, 11) is 3.67. The molecule has 1 aromatic rings. The lowest BCUT2D eigenvalue weighted by Crippen LogP contribution is -2.36. The molecule has 0 aromatic carbocycles. The average molecular weight is 209 g/mol. The highest BCUT2D eigenvalue weighted by Gasteiger charge is 2.28. The number of likely N-dealkylation sites (N-methyl/N-ethyl adjacent to an activating group) is 1. The van der Waals surface area contributed by atoms with Gasteiger partial charge in [0.05, 0.1) is 17.9 Å². The van der Waals surface area contributed by atoms with Gasteiger partial charge in [-0.2, -0.15) is 0 Å². The van der Waals surface area contributed by atoms with Gasteiger partial charge in [-0.3, -0.25) is 9.48 Å². The van der Waals surface area contributed by atoms with Gasteiger partial charge in [-0.1, -0.05) is 5.21 Å². The standard InChI is InChI=1S/C9H15N5O/c1-13-4-3-8(9(13)15)10-5-7-6-11-12-14(7)2/h6,8,10H,3-5H2,1-2H3. The van der Waals surface area contributed by atoms with Gasteiger partial charge >= 0.3 is 0 Å². The van der Waals surface area contributed by atoms with Gasteiger partial charge in [0, 0.05) is 27.2 Å². The van der Waals surface area contributed by atoms with Crippen LogP contribution < -0.4 is 5.32 Å². The van der Waals surface area contributed by atoms with E-state index in [4.69, 9.17) is 0 Å². The van der Waals surface area contributed by atoms with Crippen LogP contribution in [-0.4, -0.2) is 45.4 Å². The fraction of sp³-hybridized carbons (Fsp3) is 0.667. The van der Waals surface area contributed by atoms with Gasteiger partial charge in [0.25, 0.3) is 0 Å². The van der Waals surface area contributed by atoms with Crippen LogP contribution in [-0.2, 0) is 18.4 Å². The van der Waals surface area contributed by atoms with Gasteiger partial charge in [0.2, 0.25) is 5.91 Å². The summed E-state index contributed by atoms with van der Waals surface area (Å²) < 4.78 is 1.70. The van der Waals surface area contributed by atoms with Crippen LogP contribution in [0.3, 0.4) is 0 Å². The average Bonchev–Trinajstić information content (AvgIpc) is 2.74. The van der Waals surface area contributed by atoms with Gasteiger partial charge in [0.15, 0.2) is 0 Å². The van der Waals surface area contributed by atoms with E-state index in [1.54, 1.807) is 15.8 Å². The number of nitrogens with zero attached hydrogens (tertiary/aromatic N) is 4. The van der Waals surface area contributed by atoms with Crippen molar-refractivity contribution in [3.8, 4) is 0 Å². The van der Waals surface area contributed by atoms with Gasteiger partial charge in [-0.15, -0.1) is 5.10 Å². The van der Waals surface area contributed by atoms with E-state index in [-0.39, 0.29) is 11.9 Å². The number of carbonyl (C=O) groups excluding carboxylic acids is 1. The molecule has 1 aromatic heterocycles. The molecule has 82 valence electrons. The zero-order valence-corrected chi connectivity index (χ0v) is 8.97. The molecule has 6 heteroatoms. The lowest BCUT2D eigenvalue weighted by molar-refractivity contribution is -0.128. The highest BCUT2D eigenvalue weighted by molar-refractivity contribution is 5.83. The van der Waals surface area contributed by atoms with Crippen molar-refractivity contribution in [3.63, 3.8) is 0 Å². The van der Waals surface area contributed by atoms with E-state index in [9.17, 15) is 4.79 Å². The van der Waals surface area contributed by atoms with E-state index in [0.717, 1.165) is 18.7 Å². The zero-order chi connectivity index (χ0) is 10.8. The molecule has 1 aliphatic heterocycles. The molecule has 1 fully saturated rings. The Hall–Kier alpha value is -1.43. The molecule has 2 rings (SSSR count). The third-order valence-corrected chi connectivity index (χ3v) is 2.77. The van der Waals surface area contributed by atoms with E-state index >= 15 is 0 Å². The van der Waals surface area contributed by atoms with E-state index in [0.29, 0.717) is 6.54 Å². The molecule has 6 nitrogen and oxygen atoms in total. The van der Waals surface area contributed by atoms with Gasteiger partial charge in [-0.05, 0) is 6.42 Å². The predicted octanol–water partition coefficient (Wildman–Crippen LogP) is -0.865. The van der Waals surface area contributed by atoms with E-state index in [1.165, 1.54) is 0 Å². The molecule has 0 saturated carbocycles. The summed E-state index contributed by atoms with van der Waals surface area (Å²) in [4.78, 5) is 13.3. The van der Waals surface area contributed by atoms with Crippen LogP contribution in [0.15, 0.2) is 6.20 Å². The van der Waals surface area contributed by atoms with Crippen LogP contribution in [0.4, 0.5) is 0 Å². The smallest absolute Gasteiger partial charge is 0.239 e. The van der Waals surface area contributed by atoms with Gasteiger partial charge < -0.3 is 10.2 Å². The van der Waals surface area contributed by atoms with Crippen LogP contribution >= 0.6 is 0 Å². The van der Waals surface area contributed by atoms with Gasteiger partial charge in [0.1, 0.15) is 0 Å². The summed E-state index contributed by atoms with van der Waals surface area (Å²) >= 11 is 0. The van der Waals surface area contributed by atoms with Crippen molar-refractivity contribution >= 4 is 5.91 Å². The maximum atomic E-state index is 11.6. The lowest BCUT2D eigenvalue weighted by atomic mass is 10.2. The summed E-state index contributed by atoms with van der Waals surface area (Å²) in [6, 6.07) is -0.0510. The van der Waals surface area contributed by atoms with Crippen LogP contribution in [0, 0.1) is 0 Å². The van der Waals surface area contributed by atoms with Crippen LogP contribution in [0.2, 0.25) is 0 Å². The summed E-state index contributed by atoms with van der Waals surface area (Å²) in [6.45, 7) is 1.47. The van der Waals surface area contributed by atoms with Crippen molar-refractivity contribution in [2.75, 3.05) is 13.6 Å². The third kappa shape index (κ3) is 1.99. The second kappa shape index (κ2) is 3.98. The zero-order valence-electron chi connectivity index (χ0n) is 8.97. The number of amides is 1. The van der Waals surface area contributed by atoms with Crippen molar-refractivity contribution in [2.45, 2.75) is 19.0 Å². The maximum Gasteiger partial charge on any atom is 0.239 e. The summed E-state index contributed by atoms with van der Waals surface area (Å²) in [5.74, 6) is 0.171. The van der Waals surface area contributed by atoms with Gasteiger partial charge in [-0.25, -0.2) is 0 Å². The second-order valence-corrected chi connectivity index (χ2v) is 3.83. The Labute approximate surface area is 88.2 Å². The van der Waals surface area contributed by atoms with Crippen LogP contribution in [0.25, 0.3) is 0 Å². The number of aryl methyl sites for hydroxylation is 1. The highest BCUT2D eigenvalue weighted by Crippen LogP contribution is 2.08. The third-order valence-electron chi connectivity index (χ3n) is 2.77. The summed E-state index contributed by atoms with van der Waals surface area (Å²) in [6.07, 6.45) is 2.58. The number of aromatic nitrogens is 3. The largest absolute Gasteiger partial charge is 0.344 e. The Kier molecular flexibility index (Phi) is 2.68. The minimum atomic E-state index is -0.0510. The fourth-order valence-electron chi connectivity index (χ4n) is 1.71. The molecular weight excluding hydrogens is 194 g/mol. The molecule has 1 unspecified atom stereocenters. The molecule has 1 N–H and O–H groups in total. The van der Waals surface area contributed by atoms with E-state index < -0.39 is 0 Å². The Morgan fingerprint density at radius 1 is 1.60 bits per heavy atom. The highest BCUT2D eigenvalue weighted by atomic mass is 16.2. The molecule has 1 amide bonds. The van der Waals surface area contributed by atoms with Crippen LogP contribution in [0.1, 0.15) is 12.1 Å². The molecule has 15 heavy (non-hydrogen) atoms. The van der Waals surface area contributed by atoms with E-state index in [1.807, 2.05) is 14.1 Å². The van der Waals surface area contributed by atoms with Crippen molar-refractivity contribution in [3.05, 3.63) is 11.9 Å². The first-order chi connectivity index (χ1) is 7.18. The quantitative estimate of drug-likeness (QED) is 0.703. The Morgan fingerprint density at radius 3 is 2.93 bits per heavy atom. The van der Waals surface area contributed by atoms with Crippen molar-refractivity contribution in [2.24, 2.45) is 7.05 Å². The minimum Gasteiger partial charge on any atom is -0.344 e. The van der Waals surface area contributed by atoms with Crippen molar-refractivity contribution in [1.29, 1.82) is 0 Å². The number of rotatable bonds is 3. The first kappa shape index (κ1) is 10.1. The Morgan fingerprint density at radius 2 is 2.40 bits per heavy atom. The maximum absolute atomic E-state index is 11.6. The molecule has 0 radical (unpaired) electrons. The predicted molar refractivity (Wildman–Crippen MR) is 53.9 cm³/mol. The molecule has 0 aliphatic carbocycles. The number of carbonyl (C=O) groups is 1. The number of nitrogens with one attached hydrogen (secondary N) is 1. The Bertz CT molecular complexity index is 361. The van der Waals surface area contributed by atoms with E-state index in [2.05, 4.69) is 15.6 Å². The van der Waals surface area contributed by atoms with Crippen LogP contribution in [0.5, 0.6) is 0 Å². The monoisotopic (exact) mass is 209 g/mol. The second-order valence-electron chi connectivity index (χ2n) is 3.83. The molecule has 2 heterocycles. The molecule has 1 saturated heterocycles. The fourth-order valence-corrected chi connectivity index (χ4v) is 1.71. The molecule has 1 aliphatic rings. The number of hydrogen-bond donors (Lipinski definition) is 1. The summed E-state index contributed by atoms with van der Waals surface area (Å²) in [5, 5.41) is 10.8. The normalized spacial score (nSPS) is 21.3. The topological polar surface area (TPSA) is 63.0 Å². The van der Waals surface area contributed by atoms with Crippen molar-refractivity contribution in [1.82, 2.24) is 25.2 Å².